The molecular formula is C13H13BrClN. The van der Waals surface area contributed by atoms with Crippen molar-refractivity contribution in [1.29, 1.82) is 0 Å². The highest BCUT2D eigenvalue weighted by Crippen LogP contribution is 2.33. The molecular weight excluding hydrogens is 286 g/mol. The zero-order valence-electron chi connectivity index (χ0n) is 9.56. The standard InChI is InChI=1S/C13H13BrClN/c1-4-9-8(3)16-13-10(12(9)15)6-5-7(2)11(13)14/h5-6H,4H2,1-3H3. The predicted octanol–water partition coefficient (Wildman–Crippen LogP) is 4.83. The summed E-state index contributed by atoms with van der Waals surface area (Å²) in [6.07, 6.45) is 0.916. The Kier molecular flexibility index (Phi) is 3.22. The first-order valence-corrected chi connectivity index (χ1v) is 6.47. The third-order valence-electron chi connectivity index (χ3n) is 2.88. The lowest BCUT2D eigenvalue weighted by Crippen LogP contribution is -1.95. The van der Waals surface area contributed by atoms with Gasteiger partial charge in [0.2, 0.25) is 0 Å². The van der Waals surface area contributed by atoms with E-state index in [9.17, 15) is 0 Å². The van der Waals surface area contributed by atoms with Gasteiger partial charge in [-0.15, -0.1) is 0 Å². The van der Waals surface area contributed by atoms with Gasteiger partial charge in [0, 0.05) is 15.6 Å². The van der Waals surface area contributed by atoms with Crippen LogP contribution >= 0.6 is 27.5 Å². The van der Waals surface area contributed by atoms with E-state index in [0.717, 1.165) is 38.1 Å². The fraction of sp³-hybridized carbons (Fsp3) is 0.308. The summed E-state index contributed by atoms with van der Waals surface area (Å²) < 4.78 is 1.04. The van der Waals surface area contributed by atoms with Crippen molar-refractivity contribution >= 4 is 38.4 Å². The van der Waals surface area contributed by atoms with E-state index in [1.807, 2.05) is 13.0 Å². The molecule has 0 bridgehead atoms. The van der Waals surface area contributed by atoms with E-state index in [1.165, 1.54) is 5.56 Å². The number of benzene rings is 1. The molecule has 2 aromatic rings. The van der Waals surface area contributed by atoms with Crippen molar-refractivity contribution in [2.45, 2.75) is 27.2 Å². The Labute approximate surface area is 109 Å². The first-order valence-electron chi connectivity index (χ1n) is 5.30. The molecule has 1 nitrogen and oxygen atoms in total. The SMILES string of the molecule is CCc1c(C)nc2c(Br)c(C)ccc2c1Cl. The first-order chi connectivity index (χ1) is 7.56. The third-order valence-corrected chi connectivity index (χ3v) is 4.31. The second-order valence-electron chi connectivity index (χ2n) is 3.94. The number of aromatic nitrogens is 1. The van der Waals surface area contributed by atoms with Crippen LogP contribution in [0.15, 0.2) is 16.6 Å². The zero-order valence-corrected chi connectivity index (χ0v) is 11.9. The number of fused-ring (bicyclic) bond motifs is 1. The largest absolute Gasteiger partial charge is 0.252 e. The molecule has 0 N–H and O–H groups in total. The summed E-state index contributed by atoms with van der Waals surface area (Å²) in [5, 5.41) is 1.87. The molecule has 0 aliphatic carbocycles. The summed E-state index contributed by atoms with van der Waals surface area (Å²) in [6.45, 7) is 6.17. The van der Waals surface area contributed by atoms with Crippen LogP contribution in [-0.2, 0) is 6.42 Å². The van der Waals surface area contributed by atoms with E-state index in [4.69, 9.17) is 11.6 Å². The summed E-state index contributed by atoms with van der Waals surface area (Å²) in [4.78, 5) is 4.64. The average molecular weight is 299 g/mol. The average Bonchev–Trinajstić information content (AvgIpc) is 2.25. The minimum absolute atomic E-state index is 0.839. The zero-order chi connectivity index (χ0) is 11.9. The quantitative estimate of drug-likeness (QED) is 0.735. The molecule has 1 aromatic carbocycles. The van der Waals surface area contributed by atoms with Crippen molar-refractivity contribution < 1.29 is 0 Å². The minimum atomic E-state index is 0.839. The Morgan fingerprint density at radius 3 is 2.62 bits per heavy atom. The molecule has 1 heterocycles. The highest BCUT2D eigenvalue weighted by molar-refractivity contribution is 9.10. The molecule has 0 fully saturated rings. The van der Waals surface area contributed by atoms with E-state index in [2.05, 4.69) is 40.8 Å². The molecule has 0 atom stereocenters. The summed E-state index contributed by atoms with van der Waals surface area (Å²) in [7, 11) is 0. The summed E-state index contributed by atoms with van der Waals surface area (Å²) in [5.41, 5.74) is 4.30. The van der Waals surface area contributed by atoms with Crippen LogP contribution in [-0.4, -0.2) is 4.98 Å². The monoisotopic (exact) mass is 297 g/mol. The van der Waals surface area contributed by atoms with Crippen LogP contribution < -0.4 is 0 Å². The summed E-state index contributed by atoms with van der Waals surface area (Å²) in [5.74, 6) is 0. The van der Waals surface area contributed by atoms with Gasteiger partial charge in [-0.1, -0.05) is 30.7 Å². The fourth-order valence-corrected chi connectivity index (χ4v) is 2.78. The number of halogens is 2. The van der Waals surface area contributed by atoms with Gasteiger partial charge in [0.15, 0.2) is 0 Å². The van der Waals surface area contributed by atoms with Crippen molar-refractivity contribution in [3.63, 3.8) is 0 Å². The molecule has 0 spiro atoms. The van der Waals surface area contributed by atoms with Gasteiger partial charge in [-0.2, -0.15) is 0 Å². The Bertz CT molecular complexity index is 564. The second kappa shape index (κ2) is 4.34. The normalized spacial score (nSPS) is 11.1. The van der Waals surface area contributed by atoms with Gasteiger partial charge in [0.25, 0.3) is 0 Å². The fourth-order valence-electron chi connectivity index (χ4n) is 1.92. The van der Waals surface area contributed by atoms with Crippen LogP contribution in [0.1, 0.15) is 23.7 Å². The van der Waals surface area contributed by atoms with E-state index < -0.39 is 0 Å². The maximum absolute atomic E-state index is 6.41. The summed E-state index contributed by atoms with van der Waals surface area (Å²) in [6, 6.07) is 4.11. The van der Waals surface area contributed by atoms with Crippen LogP contribution in [0.3, 0.4) is 0 Å². The molecule has 3 heteroatoms. The number of nitrogens with zero attached hydrogens (tertiary/aromatic N) is 1. The minimum Gasteiger partial charge on any atom is -0.252 e. The molecule has 84 valence electrons. The molecule has 0 aliphatic rings. The molecule has 2 rings (SSSR count). The van der Waals surface area contributed by atoms with Crippen molar-refractivity contribution in [2.75, 3.05) is 0 Å². The number of hydrogen-bond acceptors (Lipinski definition) is 1. The number of aryl methyl sites for hydroxylation is 2. The van der Waals surface area contributed by atoms with Crippen LogP contribution in [0.25, 0.3) is 10.9 Å². The third kappa shape index (κ3) is 1.74. The second-order valence-corrected chi connectivity index (χ2v) is 5.11. The van der Waals surface area contributed by atoms with E-state index in [1.54, 1.807) is 0 Å². The Hall–Kier alpha value is -0.600. The molecule has 0 radical (unpaired) electrons. The van der Waals surface area contributed by atoms with Crippen LogP contribution in [0.2, 0.25) is 5.02 Å². The topological polar surface area (TPSA) is 12.9 Å². The highest BCUT2D eigenvalue weighted by atomic mass is 79.9. The van der Waals surface area contributed by atoms with Crippen LogP contribution in [0, 0.1) is 13.8 Å². The van der Waals surface area contributed by atoms with E-state index >= 15 is 0 Å². The van der Waals surface area contributed by atoms with Gasteiger partial charge >= 0.3 is 0 Å². The molecule has 16 heavy (non-hydrogen) atoms. The lowest BCUT2D eigenvalue weighted by Gasteiger charge is -2.11. The molecule has 0 amide bonds. The Balaban J connectivity index is 2.92. The van der Waals surface area contributed by atoms with Gasteiger partial charge in [0.1, 0.15) is 0 Å². The van der Waals surface area contributed by atoms with E-state index in [0.29, 0.717) is 0 Å². The van der Waals surface area contributed by atoms with Crippen molar-refractivity contribution in [2.24, 2.45) is 0 Å². The van der Waals surface area contributed by atoms with Gasteiger partial charge in [0.05, 0.1) is 10.5 Å². The maximum Gasteiger partial charge on any atom is 0.0864 e. The number of rotatable bonds is 1. The number of pyridine rings is 1. The molecule has 0 saturated heterocycles. The Morgan fingerprint density at radius 2 is 2.00 bits per heavy atom. The number of hydrogen-bond donors (Lipinski definition) is 0. The highest BCUT2D eigenvalue weighted by Gasteiger charge is 2.12. The van der Waals surface area contributed by atoms with E-state index in [-0.39, 0.29) is 0 Å². The molecule has 0 aliphatic heterocycles. The molecule has 0 saturated carbocycles. The van der Waals surface area contributed by atoms with Crippen molar-refractivity contribution in [1.82, 2.24) is 4.98 Å². The van der Waals surface area contributed by atoms with Gasteiger partial charge in [-0.25, -0.2) is 0 Å². The van der Waals surface area contributed by atoms with Crippen molar-refractivity contribution in [3.8, 4) is 0 Å². The lowest BCUT2D eigenvalue weighted by molar-refractivity contribution is 1.07. The predicted molar refractivity (Wildman–Crippen MR) is 73.3 cm³/mol. The smallest absolute Gasteiger partial charge is 0.0864 e. The Morgan fingerprint density at radius 1 is 1.31 bits per heavy atom. The van der Waals surface area contributed by atoms with Crippen LogP contribution in [0.5, 0.6) is 0 Å². The molecule has 1 aromatic heterocycles. The summed E-state index contributed by atoms with van der Waals surface area (Å²) >= 11 is 9.98. The van der Waals surface area contributed by atoms with Gasteiger partial charge < -0.3 is 0 Å². The van der Waals surface area contributed by atoms with Crippen molar-refractivity contribution in [3.05, 3.63) is 38.4 Å². The lowest BCUT2D eigenvalue weighted by atomic mass is 10.1. The van der Waals surface area contributed by atoms with Gasteiger partial charge in [-0.3, -0.25) is 4.98 Å². The first kappa shape index (κ1) is 11.9. The van der Waals surface area contributed by atoms with Crippen LogP contribution in [0.4, 0.5) is 0 Å². The van der Waals surface area contributed by atoms with Gasteiger partial charge in [-0.05, 0) is 47.3 Å². The molecule has 0 unspecified atom stereocenters. The maximum atomic E-state index is 6.41.